The Morgan fingerprint density at radius 2 is 1.64 bits per heavy atom. The van der Waals surface area contributed by atoms with E-state index in [1.165, 1.54) is 22.3 Å². The van der Waals surface area contributed by atoms with Gasteiger partial charge in [-0.3, -0.25) is 10.1 Å². The summed E-state index contributed by atoms with van der Waals surface area (Å²) in [5, 5.41) is 11.6. The van der Waals surface area contributed by atoms with E-state index >= 15 is 0 Å². The van der Waals surface area contributed by atoms with Crippen molar-refractivity contribution in [2.45, 2.75) is 12.3 Å². The smallest absolute Gasteiger partial charge is 0.304 e. The molecule has 0 aliphatic heterocycles. The fourth-order valence-corrected chi connectivity index (χ4v) is 2.96. The first kappa shape index (κ1) is 14.8. The maximum Gasteiger partial charge on any atom is 0.304 e. The number of carboxylic acid groups (broad SMARTS) is 1. The minimum absolute atomic E-state index is 0.110. The molecule has 1 aliphatic rings. The summed E-state index contributed by atoms with van der Waals surface area (Å²) < 4.78 is 5.71. The minimum Gasteiger partial charge on any atom is -0.481 e. The second-order valence-electron chi connectivity index (χ2n) is 5.39. The van der Waals surface area contributed by atoms with Crippen LogP contribution >= 0.6 is 0 Å². The van der Waals surface area contributed by atoms with Gasteiger partial charge < -0.3 is 9.84 Å². The van der Waals surface area contributed by atoms with E-state index in [0.717, 1.165) is 0 Å². The molecule has 2 aromatic rings. The maximum atomic E-state index is 10.4. The predicted molar refractivity (Wildman–Crippen MR) is 84.8 cm³/mol. The molecule has 0 atom stereocenters. The zero-order chi connectivity index (χ0) is 15.4. The fraction of sp³-hybridized carbons (Fsp3) is 0.278. The van der Waals surface area contributed by atoms with Crippen molar-refractivity contribution in [3.63, 3.8) is 0 Å². The van der Waals surface area contributed by atoms with Crippen molar-refractivity contribution in [2.24, 2.45) is 0 Å². The Kier molecular flexibility index (Phi) is 4.51. The van der Waals surface area contributed by atoms with Crippen LogP contribution in [0.1, 0.15) is 23.5 Å². The van der Waals surface area contributed by atoms with Gasteiger partial charge in [0.05, 0.1) is 19.8 Å². The molecule has 0 amide bonds. The third-order valence-electron chi connectivity index (χ3n) is 3.97. The molecule has 4 heteroatoms. The largest absolute Gasteiger partial charge is 0.481 e. The van der Waals surface area contributed by atoms with E-state index in [0.29, 0.717) is 19.9 Å². The van der Waals surface area contributed by atoms with Crippen LogP contribution in [0.3, 0.4) is 0 Å². The van der Waals surface area contributed by atoms with Gasteiger partial charge in [-0.05, 0) is 22.3 Å². The lowest BCUT2D eigenvalue weighted by Crippen LogP contribution is -2.22. The average Bonchev–Trinajstić information content (AvgIpc) is 2.85. The van der Waals surface area contributed by atoms with E-state index < -0.39 is 5.97 Å². The van der Waals surface area contributed by atoms with Crippen molar-refractivity contribution >= 4 is 5.97 Å². The topological polar surface area (TPSA) is 58.6 Å². The van der Waals surface area contributed by atoms with Crippen molar-refractivity contribution < 1.29 is 14.6 Å². The number of nitrogens with one attached hydrogen (secondary N) is 1. The molecule has 0 spiro atoms. The van der Waals surface area contributed by atoms with Crippen molar-refractivity contribution in [1.29, 1.82) is 0 Å². The van der Waals surface area contributed by atoms with Crippen molar-refractivity contribution in [3.8, 4) is 11.1 Å². The highest BCUT2D eigenvalue weighted by molar-refractivity contribution is 5.78. The van der Waals surface area contributed by atoms with Crippen LogP contribution in [0.2, 0.25) is 0 Å². The number of carboxylic acids is 1. The van der Waals surface area contributed by atoms with Crippen LogP contribution in [0.4, 0.5) is 0 Å². The number of carbonyl (C=O) groups is 1. The third-order valence-corrected chi connectivity index (χ3v) is 3.97. The zero-order valence-corrected chi connectivity index (χ0v) is 12.3. The quantitative estimate of drug-likeness (QED) is 0.609. The van der Waals surface area contributed by atoms with Crippen LogP contribution in [0.5, 0.6) is 0 Å². The summed E-state index contributed by atoms with van der Waals surface area (Å²) in [7, 11) is 0. The van der Waals surface area contributed by atoms with E-state index in [2.05, 4.69) is 53.8 Å². The molecule has 0 radical (unpaired) electrons. The van der Waals surface area contributed by atoms with Gasteiger partial charge in [0.25, 0.3) is 0 Å². The Morgan fingerprint density at radius 1 is 1.05 bits per heavy atom. The van der Waals surface area contributed by atoms with Gasteiger partial charge in [0, 0.05) is 12.5 Å². The molecule has 4 nitrogen and oxygen atoms in total. The molecule has 0 saturated carbocycles. The van der Waals surface area contributed by atoms with Gasteiger partial charge in [0.2, 0.25) is 0 Å². The molecule has 22 heavy (non-hydrogen) atoms. The summed E-state index contributed by atoms with van der Waals surface area (Å²) in [6.45, 7) is 1.38. The van der Waals surface area contributed by atoms with Gasteiger partial charge >= 0.3 is 5.97 Å². The number of fused-ring (bicyclic) bond motifs is 3. The van der Waals surface area contributed by atoms with Crippen molar-refractivity contribution in [2.75, 3.05) is 19.9 Å². The lowest BCUT2D eigenvalue weighted by molar-refractivity contribution is -0.136. The molecule has 2 aromatic carbocycles. The van der Waals surface area contributed by atoms with Gasteiger partial charge in [-0.1, -0.05) is 48.5 Å². The van der Waals surface area contributed by atoms with E-state index in [-0.39, 0.29) is 12.3 Å². The summed E-state index contributed by atoms with van der Waals surface area (Å²) in [5.41, 5.74) is 5.17. The van der Waals surface area contributed by atoms with Crippen LogP contribution in [-0.2, 0) is 9.53 Å². The third kappa shape index (κ3) is 3.03. The standard InChI is InChI=1S/C18H19NO3/c20-18(21)9-10-19-12-22-11-17-15-7-3-1-5-13(15)14-6-2-4-8-16(14)17/h1-8,17,19H,9-12H2,(H,20,21). The maximum absolute atomic E-state index is 10.4. The number of aliphatic carboxylic acids is 1. The summed E-state index contributed by atoms with van der Waals surface area (Å²) >= 11 is 0. The van der Waals surface area contributed by atoms with Crippen LogP contribution in [0.15, 0.2) is 48.5 Å². The highest BCUT2D eigenvalue weighted by Gasteiger charge is 2.27. The zero-order valence-electron chi connectivity index (χ0n) is 12.3. The summed E-state index contributed by atoms with van der Waals surface area (Å²) in [5.74, 6) is -0.556. The number of hydrogen-bond acceptors (Lipinski definition) is 3. The molecule has 114 valence electrons. The molecule has 0 bridgehead atoms. The van der Waals surface area contributed by atoms with E-state index in [9.17, 15) is 4.79 Å². The second-order valence-corrected chi connectivity index (χ2v) is 5.39. The number of hydrogen-bond donors (Lipinski definition) is 2. The average molecular weight is 297 g/mol. The lowest BCUT2D eigenvalue weighted by atomic mass is 9.98. The van der Waals surface area contributed by atoms with Gasteiger partial charge in [0.15, 0.2) is 0 Å². The predicted octanol–water partition coefficient (Wildman–Crippen LogP) is 2.84. The van der Waals surface area contributed by atoms with Gasteiger partial charge in [0.1, 0.15) is 0 Å². The van der Waals surface area contributed by atoms with Gasteiger partial charge in [-0.15, -0.1) is 0 Å². The lowest BCUT2D eigenvalue weighted by Gasteiger charge is -2.14. The van der Waals surface area contributed by atoms with Crippen LogP contribution in [0, 0.1) is 0 Å². The highest BCUT2D eigenvalue weighted by Crippen LogP contribution is 2.44. The van der Waals surface area contributed by atoms with E-state index in [1.54, 1.807) is 0 Å². The molecule has 0 unspecified atom stereocenters. The van der Waals surface area contributed by atoms with Crippen molar-refractivity contribution in [1.82, 2.24) is 5.32 Å². The molecule has 1 aliphatic carbocycles. The summed E-state index contributed by atoms with van der Waals surface area (Å²) in [6.07, 6.45) is 0.110. The normalized spacial score (nSPS) is 12.9. The summed E-state index contributed by atoms with van der Waals surface area (Å²) in [6, 6.07) is 16.9. The summed E-state index contributed by atoms with van der Waals surface area (Å²) in [4.78, 5) is 10.4. The fourth-order valence-electron chi connectivity index (χ4n) is 2.96. The van der Waals surface area contributed by atoms with Gasteiger partial charge in [-0.2, -0.15) is 0 Å². The van der Waals surface area contributed by atoms with Crippen LogP contribution in [-0.4, -0.2) is 31.0 Å². The Labute approximate surface area is 129 Å². The number of ether oxygens (including phenoxy) is 1. The number of benzene rings is 2. The van der Waals surface area contributed by atoms with Crippen LogP contribution in [0.25, 0.3) is 11.1 Å². The Morgan fingerprint density at radius 3 is 2.23 bits per heavy atom. The molecule has 0 saturated heterocycles. The SMILES string of the molecule is O=C(O)CCNCOCC1c2ccccc2-c2ccccc21. The van der Waals surface area contributed by atoms with E-state index in [1.807, 2.05) is 0 Å². The Hall–Kier alpha value is -2.17. The first-order chi connectivity index (χ1) is 10.8. The van der Waals surface area contributed by atoms with Crippen molar-refractivity contribution in [3.05, 3.63) is 59.7 Å². The molecular weight excluding hydrogens is 278 g/mol. The highest BCUT2D eigenvalue weighted by atomic mass is 16.5. The molecule has 3 rings (SSSR count). The molecule has 0 fully saturated rings. The van der Waals surface area contributed by atoms with E-state index in [4.69, 9.17) is 9.84 Å². The Bertz CT molecular complexity index is 623. The first-order valence-corrected chi connectivity index (χ1v) is 7.46. The second kappa shape index (κ2) is 6.73. The molecule has 0 heterocycles. The van der Waals surface area contributed by atoms with Crippen LogP contribution < -0.4 is 5.32 Å². The molecular formula is C18H19NO3. The minimum atomic E-state index is -0.800. The van der Waals surface area contributed by atoms with Gasteiger partial charge in [-0.25, -0.2) is 0 Å². The molecule has 2 N–H and O–H groups in total. The first-order valence-electron chi connectivity index (χ1n) is 7.46. The molecule has 0 aromatic heterocycles. The Balaban J connectivity index is 1.63. The monoisotopic (exact) mass is 297 g/mol. The number of rotatable bonds is 7.